The SMILES string of the molecule is CCCNC1COCC1C(=O)NC(C)Cc1ccco1. The number of rotatable bonds is 7. The Labute approximate surface area is 120 Å². The van der Waals surface area contributed by atoms with E-state index in [1.54, 1.807) is 6.26 Å². The van der Waals surface area contributed by atoms with Crippen molar-refractivity contribution in [1.29, 1.82) is 0 Å². The standard InChI is InChI=1S/C15H24N2O3/c1-3-6-16-14-10-19-9-13(14)15(18)17-11(2)8-12-5-4-7-20-12/h4-5,7,11,13-14,16H,3,6,8-10H2,1-2H3,(H,17,18). The molecule has 2 rings (SSSR count). The van der Waals surface area contributed by atoms with E-state index in [0.29, 0.717) is 19.6 Å². The van der Waals surface area contributed by atoms with Gasteiger partial charge < -0.3 is 19.8 Å². The van der Waals surface area contributed by atoms with Gasteiger partial charge in [-0.05, 0) is 32.0 Å². The summed E-state index contributed by atoms with van der Waals surface area (Å²) in [5.74, 6) is 0.858. The van der Waals surface area contributed by atoms with Crippen LogP contribution in [0.3, 0.4) is 0 Å². The highest BCUT2D eigenvalue weighted by molar-refractivity contribution is 5.80. The van der Waals surface area contributed by atoms with Crippen LogP contribution in [0.25, 0.3) is 0 Å². The lowest BCUT2D eigenvalue weighted by molar-refractivity contribution is -0.126. The Bertz CT molecular complexity index is 405. The molecule has 0 spiro atoms. The molecule has 0 radical (unpaired) electrons. The first kappa shape index (κ1) is 15.1. The van der Waals surface area contributed by atoms with Gasteiger partial charge in [-0.25, -0.2) is 0 Å². The van der Waals surface area contributed by atoms with Crippen LogP contribution >= 0.6 is 0 Å². The Morgan fingerprint density at radius 3 is 3.05 bits per heavy atom. The van der Waals surface area contributed by atoms with Gasteiger partial charge in [-0.2, -0.15) is 0 Å². The van der Waals surface area contributed by atoms with Gasteiger partial charge >= 0.3 is 0 Å². The average Bonchev–Trinajstić information content (AvgIpc) is 3.06. The molecular formula is C15H24N2O3. The van der Waals surface area contributed by atoms with Crippen LogP contribution in [-0.2, 0) is 16.0 Å². The van der Waals surface area contributed by atoms with Crippen molar-refractivity contribution in [1.82, 2.24) is 10.6 Å². The summed E-state index contributed by atoms with van der Waals surface area (Å²) in [7, 11) is 0. The molecular weight excluding hydrogens is 256 g/mol. The van der Waals surface area contributed by atoms with E-state index in [1.807, 2.05) is 19.1 Å². The number of hydrogen-bond acceptors (Lipinski definition) is 4. The highest BCUT2D eigenvalue weighted by atomic mass is 16.5. The predicted molar refractivity (Wildman–Crippen MR) is 76.4 cm³/mol. The molecule has 1 amide bonds. The minimum Gasteiger partial charge on any atom is -0.469 e. The van der Waals surface area contributed by atoms with Crippen molar-refractivity contribution in [2.45, 2.75) is 38.8 Å². The summed E-state index contributed by atoms with van der Waals surface area (Å²) in [4.78, 5) is 12.3. The molecule has 2 heterocycles. The highest BCUT2D eigenvalue weighted by Crippen LogP contribution is 2.14. The van der Waals surface area contributed by atoms with Gasteiger partial charge in [0.1, 0.15) is 5.76 Å². The normalized spacial score (nSPS) is 23.7. The van der Waals surface area contributed by atoms with Crippen molar-refractivity contribution in [3.63, 3.8) is 0 Å². The Kier molecular flexibility index (Phi) is 5.61. The van der Waals surface area contributed by atoms with Crippen LogP contribution in [-0.4, -0.2) is 37.7 Å². The van der Waals surface area contributed by atoms with Gasteiger partial charge in [0, 0.05) is 18.5 Å². The fourth-order valence-electron chi connectivity index (χ4n) is 2.48. The van der Waals surface area contributed by atoms with E-state index in [0.717, 1.165) is 18.7 Å². The van der Waals surface area contributed by atoms with Crippen LogP contribution < -0.4 is 10.6 Å². The Balaban J connectivity index is 1.80. The van der Waals surface area contributed by atoms with Crippen LogP contribution in [0.15, 0.2) is 22.8 Å². The third-order valence-electron chi connectivity index (χ3n) is 3.55. The summed E-state index contributed by atoms with van der Waals surface area (Å²) in [5, 5.41) is 6.42. The van der Waals surface area contributed by atoms with Gasteiger partial charge in [-0.3, -0.25) is 4.79 Å². The van der Waals surface area contributed by atoms with Gasteiger partial charge in [0.05, 0.1) is 25.4 Å². The number of nitrogens with one attached hydrogen (secondary N) is 2. The molecule has 20 heavy (non-hydrogen) atoms. The second-order valence-corrected chi connectivity index (χ2v) is 5.40. The van der Waals surface area contributed by atoms with Crippen LogP contribution in [0.5, 0.6) is 0 Å². The first-order valence-corrected chi connectivity index (χ1v) is 7.34. The minimum absolute atomic E-state index is 0.0566. The summed E-state index contributed by atoms with van der Waals surface area (Å²) in [6, 6.07) is 3.97. The monoisotopic (exact) mass is 280 g/mol. The minimum atomic E-state index is -0.0967. The van der Waals surface area contributed by atoms with Crippen molar-refractivity contribution >= 4 is 5.91 Å². The molecule has 3 atom stereocenters. The van der Waals surface area contributed by atoms with Gasteiger partial charge in [0.2, 0.25) is 5.91 Å². The van der Waals surface area contributed by atoms with Gasteiger partial charge in [-0.15, -0.1) is 0 Å². The van der Waals surface area contributed by atoms with E-state index < -0.39 is 0 Å². The van der Waals surface area contributed by atoms with Crippen LogP contribution in [0.1, 0.15) is 26.0 Å². The van der Waals surface area contributed by atoms with Crippen LogP contribution in [0, 0.1) is 5.92 Å². The summed E-state index contributed by atoms with van der Waals surface area (Å²) >= 11 is 0. The first-order valence-electron chi connectivity index (χ1n) is 7.34. The summed E-state index contributed by atoms with van der Waals surface area (Å²) in [6.07, 6.45) is 3.42. The first-order chi connectivity index (χ1) is 9.70. The molecule has 112 valence electrons. The Morgan fingerprint density at radius 1 is 1.50 bits per heavy atom. The van der Waals surface area contributed by atoms with Crippen molar-refractivity contribution in [2.24, 2.45) is 5.92 Å². The molecule has 0 aliphatic carbocycles. The van der Waals surface area contributed by atoms with Crippen molar-refractivity contribution in [2.75, 3.05) is 19.8 Å². The largest absolute Gasteiger partial charge is 0.469 e. The molecule has 1 aromatic rings. The van der Waals surface area contributed by atoms with Crippen molar-refractivity contribution in [3.05, 3.63) is 24.2 Å². The second-order valence-electron chi connectivity index (χ2n) is 5.40. The van der Waals surface area contributed by atoms with E-state index >= 15 is 0 Å². The average molecular weight is 280 g/mol. The maximum absolute atomic E-state index is 12.3. The number of amides is 1. The number of carbonyl (C=O) groups is 1. The molecule has 1 aliphatic rings. The van der Waals surface area contributed by atoms with E-state index in [2.05, 4.69) is 17.6 Å². The fraction of sp³-hybridized carbons (Fsp3) is 0.667. The Morgan fingerprint density at radius 2 is 2.35 bits per heavy atom. The third-order valence-corrected chi connectivity index (χ3v) is 3.55. The second kappa shape index (κ2) is 7.45. The maximum atomic E-state index is 12.3. The van der Waals surface area contributed by atoms with Crippen LogP contribution in [0.2, 0.25) is 0 Å². The zero-order chi connectivity index (χ0) is 14.4. The molecule has 0 aromatic carbocycles. The molecule has 1 aromatic heterocycles. The van der Waals surface area contributed by atoms with Crippen LogP contribution in [0.4, 0.5) is 0 Å². The maximum Gasteiger partial charge on any atom is 0.227 e. The molecule has 3 unspecified atom stereocenters. The number of ether oxygens (including phenoxy) is 1. The lowest BCUT2D eigenvalue weighted by Crippen LogP contribution is -2.46. The smallest absolute Gasteiger partial charge is 0.227 e. The quantitative estimate of drug-likeness (QED) is 0.791. The van der Waals surface area contributed by atoms with E-state index in [1.165, 1.54) is 0 Å². The lowest BCUT2D eigenvalue weighted by atomic mass is 10.0. The zero-order valence-electron chi connectivity index (χ0n) is 12.2. The zero-order valence-corrected chi connectivity index (χ0v) is 12.2. The molecule has 1 aliphatic heterocycles. The molecule has 0 bridgehead atoms. The molecule has 1 saturated heterocycles. The van der Waals surface area contributed by atoms with E-state index in [4.69, 9.17) is 9.15 Å². The lowest BCUT2D eigenvalue weighted by Gasteiger charge is -2.20. The van der Waals surface area contributed by atoms with Crippen molar-refractivity contribution in [3.8, 4) is 0 Å². The van der Waals surface area contributed by atoms with Gasteiger partial charge in [0.15, 0.2) is 0 Å². The van der Waals surface area contributed by atoms with Crippen molar-refractivity contribution < 1.29 is 13.9 Å². The van der Waals surface area contributed by atoms with Gasteiger partial charge in [0.25, 0.3) is 0 Å². The summed E-state index contributed by atoms with van der Waals surface area (Å²) in [5.41, 5.74) is 0. The van der Waals surface area contributed by atoms with E-state index in [9.17, 15) is 4.79 Å². The molecule has 2 N–H and O–H groups in total. The summed E-state index contributed by atoms with van der Waals surface area (Å²) < 4.78 is 10.7. The molecule has 5 nitrogen and oxygen atoms in total. The predicted octanol–water partition coefficient (Wildman–Crippen LogP) is 1.34. The molecule has 1 fully saturated rings. The number of hydrogen-bond donors (Lipinski definition) is 2. The summed E-state index contributed by atoms with van der Waals surface area (Å²) in [6.45, 7) is 6.14. The number of furan rings is 1. The topological polar surface area (TPSA) is 63.5 Å². The molecule has 0 saturated carbocycles. The third kappa shape index (κ3) is 4.08. The highest BCUT2D eigenvalue weighted by Gasteiger charge is 2.33. The van der Waals surface area contributed by atoms with E-state index in [-0.39, 0.29) is 23.9 Å². The Hall–Kier alpha value is -1.33. The molecule has 5 heteroatoms. The van der Waals surface area contributed by atoms with Gasteiger partial charge in [-0.1, -0.05) is 6.92 Å². The number of carbonyl (C=O) groups excluding carboxylic acids is 1. The fourth-order valence-corrected chi connectivity index (χ4v) is 2.48.